The molecule has 0 aliphatic carbocycles. The zero-order chi connectivity index (χ0) is 21.2. The Morgan fingerprint density at radius 2 is 1.79 bits per heavy atom. The van der Waals surface area contributed by atoms with Crippen molar-refractivity contribution in [2.45, 2.75) is 36.6 Å². The lowest BCUT2D eigenvalue weighted by Gasteiger charge is -2.45. The third-order valence-electron chi connectivity index (χ3n) is 5.19. The fourth-order valence-electron chi connectivity index (χ4n) is 3.46. The quantitative estimate of drug-likeness (QED) is 0.444. The van der Waals surface area contributed by atoms with E-state index in [2.05, 4.69) is 5.92 Å². The number of rotatable bonds is 5. The van der Waals surface area contributed by atoms with E-state index >= 15 is 0 Å². The number of aliphatic hydroxyl groups is 5. The molecule has 0 amide bonds. The Kier molecular flexibility index (Phi) is 6.24. The fourth-order valence-corrected chi connectivity index (χ4v) is 3.46. The molecule has 29 heavy (non-hydrogen) atoms. The number of benzene rings is 2. The molecular formula is C22H24O7. The Morgan fingerprint density at radius 1 is 1.10 bits per heavy atom. The van der Waals surface area contributed by atoms with Crippen LogP contribution in [0, 0.1) is 12.3 Å². The van der Waals surface area contributed by atoms with Crippen molar-refractivity contribution in [2.24, 2.45) is 0 Å². The van der Waals surface area contributed by atoms with Crippen molar-refractivity contribution in [1.82, 2.24) is 0 Å². The summed E-state index contributed by atoms with van der Waals surface area (Å²) < 4.78 is 10.5. The number of hydrogen-bond acceptors (Lipinski definition) is 7. The van der Waals surface area contributed by atoms with Gasteiger partial charge in [0.05, 0.1) is 13.7 Å². The SMILES string of the molecule is C#Cc1ccc([C@]2(O)O[C@H](CO)[C@@H](O)[C@H](O)[C@H]2O)cc1Cc1ccc(OC)cc1. The summed E-state index contributed by atoms with van der Waals surface area (Å²) in [6.45, 7) is -0.644. The highest BCUT2D eigenvalue weighted by molar-refractivity contribution is 5.46. The van der Waals surface area contributed by atoms with Gasteiger partial charge in [0.1, 0.15) is 30.2 Å². The van der Waals surface area contributed by atoms with Crippen LogP contribution >= 0.6 is 0 Å². The van der Waals surface area contributed by atoms with Crippen molar-refractivity contribution < 1.29 is 35.0 Å². The summed E-state index contributed by atoms with van der Waals surface area (Å²) in [5.74, 6) is 0.981. The smallest absolute Gasteiger partial charge is 0.222 e. The Labute approximate surface area is 168 Å². The Morgan fingerprint density at radius 3 is 2.38 bits per heavy atom. The maximum Gasteiger partial charge on any atom is 0.222 e. The first-order chi connectivity index (χ1) is 13.8. The molecule has 1 aliphatic heterocycles. The average Bonchev–Trinajstić information content (AvgIpc) is 2.75. The van der Waals surface area contributed by atoms with Gasteiger partial charge in [-0.2, -0.15) is 0 Å². The molecule has 2 aromatic carbocycles. The monoisotopic (exact) mass is 400 g/mol. The summed E-state index contributed by atoms with van der Waals surface area (Å²) in [6.07, 6.45) is -0.298. The van der Waals surface area contributed by atoms with Crippen LogP contribution < -0.4 is 4.74 Å². The van der Waals surface area contributed by atoms with Crippen LogP contribution in [0.1, 0.15) is 22.3 Å². The van der Waals surface area contributed by atoms with Crippen LogP contribution in [0.2, 0.25) is 0 Å². The summed E-state index contributed by atoms with van der Waals surface area (Å²) in [4.78, 5) is 0. The van der Waals surface area contributed by atoms with E-state index in [-0.39, 0.29) is 5.56 Å². The van der Waals surface area contributed by atoms with Crippen LogP contribution in [0.3, 0.4) is 0 Å². The summed E-state index contributed by atoms with van der Waals surface area (Å²) in [6, 6.07) is 12.1. The largest absolute Gasteiger partial charge is 0.497 e. The molecule has 2 aromatic rings. The lowest BCUT2D eigenvalue weighted by atomic mass is 9.86. The van der Waals surface area contributed by atoms with E-state index in [4.69, 9.17) is 15.9 Å². The summed E-state index contributed by atoms with van der Waals surface area (Å²) in [5.41, 5.74) is 2.38. The minimum absolute atomic E-state index is 0.150. The fraction of sp³-hybridized carbons (Fsp3) is 0.364. The number of methoxy groups -OCH3 is 1. The molecule has 0 radical (unpaired) electrons. The topological polar surface area (TPSA) is 120 Å². The Balaban J connectivity index is 1.97. The Hall–Kier alpha value is -2.44. The van der Waals surface area contributed by atoms with E-state index in [0.717, 1.165) is 11.3 Å². The molecule has 3 rings (SSSR count). The van der Waals surface area contributed by atoms with Crippen molar-refractivity contribution in [3.8, 4) is 18.1 Å². The highest BCUT2D eigenvalue weighted by atomic mass is 16.7. The summed E-state index contributed by atoms with van der Waals surface area (Å²) in [5, 5.41) is 50.8. The van der Waals surface area contributed by atoms with Crippen molar-refractivity contribution in [2.75, 3.05) is 13.7 Å². The second-order valence-corrected chi connectivity index (χ2v) is 7.00. The highest BCUT2D eigenvalue weighted by Crippen LogP contribution is 2.37. The van der Waals surface area contributed by atoms with Crippen molar-refractivity contribution in [1.29, 1.82) is 0 Å². The maximum atomic E-state index is 11.0. The molecule has 1 aliphatic rings. The molecule has 5 N–H and O–H groups in total. The van der Waals surface area contributed by atoms with Crippen LogP contribution in [0.5, 0.6) is 5.75 Å². The first kappa shape index (κ1) is 21.3. The number of terminal acetylenes is 1. The van der Waals surface area contributed by atoms with Crippen molar-refractivity contribution >= 4 is 0 Å². The van der Waals surface area contributed by atoms with E-state index in [1.807, 2.05) is 24.3 Å². The predicted octanol–water partition coefficient (Wildman–Crippen LogP) is -0.114. The van der Waals surface area contributed by atoms with Crippen LogP contribution in [-0.4, -0.2) is 63.7 Å². The molecule has 0 aromatic heterocycles. The van der Waals surface area contributed by atoms with Crippen LogP contribution in [0.4, 0.5) is 0 Å². The number of ether oxygens (including phenoxy) is 2. The average molecular weight is 400 g/mol. The van der Waals surface area contributed by atoms with Crippen LogP contribution in [0.25, 0.3) is 0 Å². The van der Waals surface area contributed by atoms with Gasteiger partial charge in [0.2, 0.25) is 5.79 Å². The Bertz CT molecular complexity index is 887. The second-order valence-electron chi connectivity index (χ2n) is 7.00. The second kappa shape index (κ2) is 8.51. The number of hydrogen-bond donors (Lipinski definition) is 5. The van der Waals surface area contributed by atoms with Crippen LogP contribution in [-0.2, 0) is 16.9 Å². The van der Waals surface area contributed by atoms with Crippen molar-refractivity contribution in [3.05, 3.63) is 64.7 Å². The minimum atomic E-state index is -2.33. The molecule has 1 fully saturated rings. The predicted molar refractivity (Wildman–Crippen MR) is 104 cm³/mol. The highest BCUT2D eigenvalue weighted by Gasteiger charge is 2.53. The van der Waals surface area contributed by atoms with E-state index in [0.29, 0.717) is 17.5 Å². The first-order valence-corrected chi connectivity index (χ1v) is 9.12. The van der Waals surface area contributed by atoms with E-state index < -0.39 is 36.8 Å². The molecule has 154 valence electrons. The first-order valence-electron chi connectivity index (χ1n) is 9.12. The standard InChI is InChI=1S/C22H24O7/c1-3-14-6-7-16(11-15(14)10-13-4-8-17(28-2)9-5-13)22(27)21(26)20(25)19(24)18(12-23)29-22/h1,4-9,11,18-21,23-27H,10,12H2,2H3/t18-,19-,20+,21-,22+/m1/s1. The van der Waals surface area contributed by atoms with Gasteiger partial charge in [0, 0.05) is 11.1 Å². The molecule has 0 bridgehead atoms. The number of aliphatic hydroxyl groups excluding tert-OH is 4. The molecule has 0 unspecified atom stereocenters. The molecule has 1 heterocycles. The zero-order valence-corrected chi connectivity index (χ0v) is 15.9. The van der Waals surface area contributed by atoms with E-state index in [1.54, 1.807) is 19.2 Å². The molecule has 0 saturated carbocycles. The van der Waals surface area contributed by atoms with Gasteiger partial charge < -0.3 is 35.0 Å². The molecular weight excluding hydrogens is 376 g/mol. The van der Waals surface area contributed by atoms with Gasteiger partial charge in [0.15, 0.2) is 0 Å². The molecule has 7 heteroatoms. The summed E-state index contributed by atoms with van der Waals surface area (Å²) in [7, 11) is 1.58. The van der Waals surface area contributed by atoms with Gasteiger partial charge in [-0.15, -0.1) is 6.42 Å². The van der Waals surface area contributed by atoms with Crippen molar-refractivity contribution in [3.63, 3.8) is 0 Å². The summed E-state index contributed by atoms with van der Waals surface area (Å²) >= 11 is 0. The maximum absolute atomic E-state index is 11.0. The lowest BCUT2D eigenvalue weighted by molar-refractivity contribution is -0.357. The van der Waals surface area contributed by atoms with E-state index in [9.17, 15) is 25.5 Å². The lowest BCUT2D eigenvalue weighted by Crippen LogP contribution is -2.63. The van der Waals surface area contributed by atoms with Gasteiger partial charge in [-0.05, 0) is 41.8 Å². The van der Waals surface area contributed by atoms with Gasteiger partial charge in [-0.3, -0.25) is 0 Å². The van der Waals surface area contributed by atoms with E-state index in [1.165, 1.54) is 6.07 Å². The zero-order valence-electron chi connectivity index (χ0n) is 15.9. The van der Waals surface area contributed by atoms with Gasteiger partial charge in [-0.1, -0.05) is 24.1 Å². The normalized spacial score (nSPS) is 29.3. The van der Waals surface area contributed by atoms with Gasteiger partial charge in [0.25, 0.3) is 0 Å². The molecule has 0 spiro atoms. The molecule has 1 saturated heterocycles. The van der Waals surface area contributed by atoms with Gasteiger partial charge >= 0.3 is 0 Å². The molecule has 5 atom stereocenters. The third-order valence-corrected chi connectivity index (χ3v) is 5.19. The minimum Gasteiger partial charge on any atom is -0.497 e. The molecule has 7 nitrogen and oxygen atoms in total. The van der Waals surface area contributed by atoms with Crippen LogP contribution in [0.15, 0.2) is 42.5 Å². The van der Waals surface area contributed by atoms with Gasteiger partial charge in [-0.25, -0.2) is 0 Å². The third kappa shape index (κ3) is 4.00.